The van der Waals surface area contributed by atoms with Crippen LogP contribution in [0.5, 0.6) is 0 Å². The first-order valence-corrected chi connectivity index (χ1v) is 16.8. The van der Waals surface area contributed by atoms with Crippen LogP contribution in [0.3, 0.4) is 0 Å². The summed E-state index contributed by atoms with van der Waals surface area (Å²) in [6.07, 6.45) is 4.82. The van der Waals surface area contributed by atoms with E-state index in [-0.39, 0.29) is 57.2 Å². The second-order valence-electron chi connectivity index (χ2n) is 10.6. The summed E-state index contributed by atoms with van der Waals surface area (Å²) in [5.41, 5.74) is 0.978. The van der Waals surface area contributed by atoms with Gasteiger partial charge in [0.2, 0.25) is 10.0 Å². The van der Waals surface area contributed by atoms with Crippen LogP contribution < -0.4 is 10.0 Å². The zero-order chi connectivity index (χ0) is 27.7. The number of sulfonamides is 2. The highest BCUT2D eigenvalue weighted by atomic mass is 79.9. The number of anilines is 2. The molecule has 0 spiro atoms. The Morgan fingerprint density at radius 3 is 2.51 bits per heavy atom. The van der Waals surface area contributed by atoms with E-state index in [9.17, 15) is 26.7 Å². The Morgan fingerprint density at radius 1 is 1.13 bits per heavy atom. The van der Waals surface area contributed by atoms with Gasteiger partial charge in [-0.05, 0) is 67.3 Å². The van der Waals surface area contributed by atoms with Crippen molar-refractivity contribution in [3.05, 3.63) is 63.8 Å². The Bertz CT molecular complexity index is 1660. The third-order valence-electron chi connectivity index (χ3n) is 8.14. The molecule has 0 radical (unpaired) electrons. The number of amidine groups is 1. The first-order chi connectivity index (χ1) is 18.4. The van der Waals surface area contributed by atoms with Crippen molar-refractivity contribution >= 4 is 59.1 Å². The van der Waals surface area contributed by atoms with Crippen molar-refractivity contribution in [3.8, 4) is 0 Å². The minimum atomic E-state index is -4.32. The molecule has 0 saturated heterocycles. The molecule has 1 amide bonds. The molecule has 206 valence electrons. The summed E-state index contributed by atoms with van der Waals surface area (Å²) in [5.74, 6) is -0.682. The van der Waals surface area contributed by atoms with E-state index in [4.69, 9.17) is 0 Å². The van der Waals surface area contributed by atoms with E-state index < -0.39 is 26.0 Å². The molecule has 13 heteroatoms. The molecule has 3 saturated carbocycles. The van der Waals surface area contributed by atoms with E-state index in [1.165, 1.54) is 18.2 Å². The smallest absolute Gasteiger partial charge is 0.286 e. The zero-order valence-corrected chi connectivity index (χ0v) is 24.2. The quantitative estimate of drug-likeness (QED) is 0.451. The molecular weight excluding hydrogens is 608 g/mol. The van der Waals surface area contributed by atoms with Gasteiger partial charge in [-0.25, -0.2) is 8.42 Å². The maximum absolute atomic E-state index is 14.1. The SMILES string of the molecule is CS(=O)(=O)Nc1ccc2c(c1)S(=O)(=O)N=C(C1=C(O)C3C4CCC(CC4)C3N(Cc3ccccc3Br)C1=O)N2. The van der Waals surface area contributed by atoms with Crippen molar-refractivity contribution in [2.45, 2.75) is 43.2 Å². The first-order valence-electron chi connectivity index (χ1n) is 12.6. The second-order valence-corrected chi connectivity index (χ2v) is 14.8. The molecule has 39 heavy (non-hydrogen) atoms. The number of benzene rings is 2. The van der Waals surface area contributed by atoms with Crippen LogP contribution in [-0.2, 0) is 31.4 Å². The lowest BCUT2D eigenvalue weighted by Gasteiger charge is -2.54. The van der Waals surface area contributed by atoms with Crippen LogP contribution in [0.2, 0.25) is 0 Å². The molecule has 10 nitrogen and oxygen atoms in total. The molecular formula is C26H27BrN4O6S2. The highest BCUT2D eigenvalue weighted by Gasteiger charge is 2.54. The number of nitrogens with one attached hydrogen (secondary N) is 2. The molecule has 2 aromatic rings. The molecule has 2 bridgehead atoms. The zero-order valence-electron chi connectivity index (χ0n) is 21.0. The van der Waals surface area contributed by atoms with Gasteiger partial charge in [0.15, 0.2) is 5.84 Å². The van der Waals surface area contributed by atoms with Crippen molar-refractivity contribution in [2.75, 3.05) is 16.3 Å². The highest BCUT2D eigenvalue weighted by Crippen LogP contribution is 2.52. The maximum Gasteiger partial charge on any atom is 0.286 e. The Kier molecular flexibility index (Phi) is 6.31. The van der Waals surface area contributed by atoms with Gasteiger partial charge >= 0.3 is 0 Å². The summed E-state index contributed by atoms with van der Waals surface area (Å²) in [6.45, 7) is 0.304. The number of carbonyl (C=O) groups excluding carboxylic acids is 1. The van der Waals surface area contributed by atoms with Crippen LogP contribution in [-0.4, -0.2) is 50.9 Å². The number of halogens is 1. The van der Waals surface area contributed by atoms with Gasteiger partial charge in [0.25, 0.3) is 15.9 Å². The Morgan fingerprint density at radius 2 is 1.82 bits per heavy atom. The van der Waals surface area contributed by atoms with E-state index >= 15 is 0 Å². The number of fused-ring (bicyclic) bond motifs is 3. The lowest BCUT2D eigenvalue weighted by molar-refractivity contribution is -0.140. The van der Waals surface area contributed by atoms with E-state index in [1.807, 2.05) is 24.3 Å². The van der Waals surface area contributed by atoms with Crippen LogP contribution in [0.25, 0.3) is 0 Å². The molecule has 2 aromatic carbocycles. The number of rotatable bonds is 5. The van der Waals surface area contributed by atoms with Gasteiger partial charge in [0.1, 0.15) is 16.2 Å². The fraction of sp³-hybridized carbons (Fsp3) is 0.385. The average molecular weight is 636 g/mol. The predicted molar refractivity (Wildman–Crippen MR) is 150 cm³/mol. The topological polar surface area (TPSA) is 145 Å². The molecule has 2 unspecified atom stereocenters. The molecule has 5 aliphatic rings. The Hall–Kier alpha value is -2.90. The fourth-order valence-corrected chi connectivity index (χ4v) is 8.67. The summed E-state index contributed by atoms with van der Waals surface area (Å²) >= 11 is 3.57. The maximum atomic E-state index is 14.1. The van der Waals surface area contributed by atoms with Crippen LogP contribution in [0, 0.1) is 17.8 Å². The fourth-order valence-electron chi connectivity index (χ4n) is 6.56. The summed E-state index contributed by atoms with van der Waals surface area (Å²) < 4.78 is 56.8. The Balaban J connectivity index is 1.43. The normalized spacial score (nSPS) is 27.4. The van der Waals surface area contributed by atoms with Gasteiger partial charge in [-0.15, -0.1) is 4.40 Å². The van der Waals surface area contributed by atoms with Crippen molar-refractivity contribution in [2.24, 2.45) is 22.2 Å². The number of nitrogens with zero attached hydrogens (tertiary/aromatic N) is 2. The predicted octanol–water partition coefficient (Wildman–Crippen LogP) is 3.99. The lowest BCUT2D eigenvalue weighted by Crippen LogP contribution is -2.60. The second kappa shape index (κ2) is 9.34. The number of carbonyl (C=O) groups is 1. The highest BCUT2D eigenvalue weighted by molar-refractivity contribution is 9.10. The lowest BCUT2D eigenvalue weighted by atomic mass is 9.59. The van der Waals surface area contributed by atoms with Crippen molar-refractivity contribution in [1.82, 2.24) is 4.90 Å². The van der Waals surface area contributed by atoms with Crippen LogP contribution >= 0.6 is 15.9 Å². The van der Waals surface area contributed by atoms with Crippen LogP contribution in [0.1, 0.15) is 31.2 Å². The third-order valence-corrected chi connectivity index (χ3v) is 10.8. The number of hydrogen-bond acceptors (Lipinski definition) is 7. The first kappa shape index (κ1) is 26.3. The summed E-state index contributed by atoms with van der Waals surface area (Å²) in [6, 6.07) is 11.5. The monoisotopic (exact) mass is 634 g/mol. The van der Waals surface area contributed by atoms with Gasteiger partial charge in [0.05, 0.1) is 11.9 Å². The number of aliphatic hydroxyl groups is 1. The summed E-state index contributed by atoms with van der Waals surface area (Å²) in [7, 11) is -7.95. The van der Waals surface area contributed by atoms with Gasteiger partial charge in [0, 0.05) is 28.7 Å². The van der Waals surface area contributed by atoms with E-state index in [0.717, 1.165) is 42.0 Å². The van der Waals surface area contributed by atoms with Gasteiger partial charge in [-0.2, -0.15) is 8.42 Å². The molecule has 3 fully saturated rings. The van der Waals surface area contributed by atoms with Crippen LogP contribution in [0.4, 0.5) is 11.4 Å². The Labute approximate surface area is 235 Å². The molecule has 3 N–H and O–H groups in total. The minimum absolute atomic E-state index is 0.0665. The number of hydrogen-bond donors (Lipinski definition) is 3. The van der Waals surface area contributed by atoms with E-state index in [0.29, 0.717) is 6.54 Å². The standard InChI is InChI=1S/C26H27BrN4O6S2/c1-38(34,35)29-17-10-11-19-20(12-17)39(36,37)30-25(28-19)22-24(32)21-14-6-8-15(9-7-14)23(21)31(26(22)33)13-16-4-2-3-5-18(16)27/h2-5,10-12,14-15,21,23,29,32H,6-9,13H2,1H3,(H,28,30). The van der Waals surface area contributed by atoms with Gasteiger partial charge in [-0.1, -0.05) is 34.1 Å². The van der Waals surface area contributed by atoms with Crippen LogP contribution in [0.15, 0.2) is 67.6 Å². The summed E-state index contributed by atoms with van der Waals surface area (Å²) in [5, 5.41) is 14.5. The third kappa shape index (κ3) is 4.63. The molecule has 3 aliphatic carbocycles. The van der Waals surface area contributed by atoms with E-state index in [2.05, 4.69) is 30.4 Å². The van der Waals surface area contributed by atoms with Gasteiger partial charge < -0.3 is 15.3 Å². The van der Waals surface area contributed by atoms with Crippen molar-refractivity contribution < 1.29 is 26.7 Å². The largest absolute Gasteiger partial charge is 0.511 e. The minimum Gasteiger partial charge on any atom is -0.511 e. The molecule has 7 rings (SSSR count). The van der Waals surface area contributed by atoms with Crippen molar-refractivity contribution in [1.29, 1.82) is 0 Å². The number of aliphatic hydroxyl groups excluding tert-OH is 1. The molecule has 0 aromatic heterocycles. The summed E-state index contributed by atoms with van der Waals surface area (Å²) in [4.78, 5) is 15.7. The average Bonchev–Trinajstić information content (AvgIpc) is 2.87. The van der Waals surface area contributed by atoms with E-state index in [1.54, 1.807) is 4.90 Å². The number of amides is 1. The molecule has 2 atom stereocenters. The van der Waals surface area contributed by atoms with Gasteiger partial charge in [-0.3, -0.25) is 9.52 Å². The molecule has 2 aliphatic heterocycles. The van der Waals surface area contributed by atoms with Crippen molar-refractivity contribution in [3.63, 3.8) is 0 Å². The molecule has 2 heterocycles.